The molecular formula is C15H28. The maximum atomic E-state index is 2.51. The van der Waals surface area contributed by atoms with Gasteiger partial charge in [-0.15, -0.1) is 0 Å². The van der Waals surface area contributed by atoms with Crippen molar-refractivity contribution in [2.45, 2.75) is 65.7 Å². The second-order valence-electron chi connectivity index (χ2n) is 6.48. The van der Waals surface area contributed by atoms with Crippen molar-refractivity contribution < 1.29 is 0 Å². The van der Waals surface area contributed by atoms with E-state index in [1.54, 1.807) is 0 Å². The molecule has 2 atom stereocenters. The van der Waals surface area contributed by atoms with Crippen molar-refractivity contribution in [1.29, 1.82) is 0 Å². The van der Waals surface area contributed by atoms with Gasteiger partial charge in [0.25, 0.3) is 0 Å². The number of rotatable bonds is 1. The van der Waals surface area contributed by atoms with Crippen molar-refractivity contribution in [3.8, 4) is 0 Å². The minimum Gasteiger partial charge on any atom is -0.0625 e. The van der Waals surface area contributed by atoms with Crippen LogP contribution >= 0.6 is 0 Å². The van der Waals surface area contributed by atoms with E-state index >= 15 is 0 Å². The Morgan fingerprint density at radius 3 is 1.73 bits per heavy atom. The minimum absolute atomic E-state index is 1.01. The predicted octanol–water partition coefficient (Wildman–Crippen LogP) is 4.89. The standard InChI is InChI=1S/C15H28/c1-11-7-9-14(10-8-11)15-12(2)5-4-6-13(15)3/h11-15H,4-10H2,1-3H3. The van der Waals surface area contributed by atoms with Gasteiger partial charge in [-0.25, -0.2) is 0 Å². The molecule has 0 nitrogen and oxygen atoms in total. The minimum atomic E-state index is 1.01. The van der Waals surface area contributed by atoms with Crippen LogP contribution in [0.2, 0.25) is 0 Å². The fraction of sp³-hybridized carbons (Fsp3) is 1.00. The Bertz CT molecular complexity index is 178. The predicted molar refractivity (Wildman–Crippen MR) is 66.8 cm³/mol. The number of hydrogen-bond donors (Lipinski definition) is 0. The molecule has 0 saturated heterocycles. The molecule has 0 aromatic carbocycles. The highest BCUT2D eigenvalue weighted by molar-refractivity contribution is 4.85. The van der Waals surface area contributed by atoms with E-state index in [1.807, 2.05) is 0 Å². The lowest BCUT2D eigenvalue weighted by molar-refractivity contribution is 0.0778. The second kappa shape index (κ2) is 4.89. The lowest BCUT2D eigenvalue weighted by Gasteiger charge is -2.42. The topological polar surface area (TPSA) is 0 Å². The van der Waals surface area contributed by atoms with E-state index in [-0.39, 0.29) is 0 Å². The van der Waals surface area contributed by atoms with Gasteiger partial charge in [-0.3, -0.25) is 0 Å². The SMILES string of the molecule is CC1CCC(C2C(C)CCCC2C)CC1. The summed E-state index contributed by atoms with van der Waals surface area (Å²) >= 11 is 0. The lowest BCUT2D eigenvalue weighted by Crippen LogP contribution is -2.33. The molecule has 2 aliphatic rings. The van der Waals surface area contributed by atoms with Gasteiger partial charge < -0.3 is 0 Å². The zero-order chi connectivity index (χ0) is 10.8. The summed E-state index contributed by atoms with van der Waals surface area (Å²) < 4.78 is 0. The maximum Gasteiger partial charge on any atom is -0.0334 e. The monoisotopic (exact) mass is 208 g/mol. The average molecular weight is 208 g/mol. The van der Waals surface area contributed by atoms with Crippen LogP contribution < -0.4 is 0 Å². The average Bonchev–Trinajstić information content (AvgIpc) is 2.20. The molecule has 2 unspecified atom stereocenters. The molecule has 0 aromatic heterocycles. The largest absolute Gasteiger partial charge is 0.0625 e. The summed E-state index contributed by atoms with van der Waals surface area (Å²) in [5, 5.41) is 0. The third-order valence-electron chi connectivity index (χ3n) is 5.24. The fourth-order valence-corrected chi connectivity index (χ4v) is 4.31. The first kappa shape index (κ1) is 11.5. The van der Waals surface area contributed by atoms with Crippen LogP contribution in [0, 0.1) is 29.6 Å². The molecule has 0 aliphatic heterocycles. The number of hydrogen-bond acceptors (Lipinski definition) is 0. The van der Waals surface area contributed by atoms with Crippen molar-refractivity contribution >= 4 is 0 Å². The fourth-order valence-electron chi connectivity index (χ4n) is 4.31. The van der Waals surface area contributed by atoms with Gasteiger partial charge in [0, 0.05) is 0 Å². The van der Waals surface area contributed by atoms with E-state index in [2.05, 4.69) is 20.8 Å². The molecule has 15 heavy (non-hydrogen) atoms. The van der Waals surface area contributed by atoms with Crippen molar-refractivity contribution in [1.82, 2.24) is 0 Å². The van der Waals surface area contributed by atoms with Gasteiger partial charge in [-0.05, 0) is 42.4 Å². The van der Waals surface area contributed by atoms with Crippen molar-refractivity contribution in [2.24, 2.45) is 29.6 Å². The summed E-state index contributed by atoms with van der Waals surface area (Å²) in [7, 11) is 0. The van der Waals surface area contributed by atoms with Crippen molar-refractivity contribution in [3.63, 3.8) is 0 Å². The molecule has 0 heteroatoms. The molecule has 88 valence electrons. The highest BCUT2D eigenvalue weighted by Gasteiger charge is 2.35. The van der Waals surface area contributed by atoms with Crippen molar-refractivity contribution in [3.05, 3.63) is 0 Å². The summed E-state index contributed by atoms with van der Waals surface area (Å²) in [4.78, 5) is 0. The van der Waals surface area contributed by atoms with E-state index in [9.17, 15) is 0 Å². The molecule has 0 bridgehead atoms. The smallest absolute Gasteiger partial charge is 0.0334 e. The first-order valence-corrected chi connectivity index (χ1v) is 7.18. The summed E-state index contributed by atoms with van der Waals surface area (Å²) in [6, 6.07) is 0. The van der Waals surface area contributed by atoms with Crippen LogP contribution in [0.4, 0.5) is 0 Å². The summed E-state index contributed by atoms with van der Waals surface area (Å²) in [6.07, 6.45) is 10.5. The molecular weight excluding hydrogens is 180 g/mol. The molecule has 0 amide bonds. The van der Waals surface area contributed by atoms with Gasteiger partial charge >= 0.3 is 0 Å². The Balaban J connectivity index is 1.95. The van der Waals surface area contributed by atoms with Gasteiger partial charge in [0.1, 0.15) is 0 Å². The van der Waals surface area contributed by atoms with Crippen LogP contribution in [0.1, 0.15) is 65.7 Å². The zero-order valence-electron chi connectivity index (χ0n) is 10.8. The highest BCUT2D eigenvalue weighted by atomic mass is 14.4. The van der Waals surface area contributed by atoms with E-state index in [0.717, 1.165) is 29.6 Å². The molecule has 0 radical (unpaired) electrons. The molecule has 0 N–H and O–H groups in total. The Morgan fingerprint density at radius 1 is 0.667 bits per heavy atom. The molecule has 2 fully saturated rings. The lowest BCUT2D eigenvalue weighted by atomic mass is 9.63. The van der Waals surface area contributed by atoms with E-state index in [0.29, 0.717) is 0 Å². The first-order valence-electron chi connectivity index (χ1n) is 7.18. The van der Waals surface area contributed by atoms with Gasteiger partial charge in [-0.2, -0.15) is 0 Å². The zero-order valence-corrected chi connectivity index (χ0v) is 10.8. The van der Waals surface area contributed by atoms with Crippen LogP contribution in [0.15, 0.2) is 0 Å². The Labute approximate surface area is 95.8 Å². The Kier molecular flexibility index (Phi) is 3.74. The summed E-state index contributed by atoms with van der Waals surface area (Å²) in [5.74, 6) is 5.16. The molecule has 2 saturated carbocycles. The first-order chi connectivity index (χ1) is 7.18. The second-order valence-corrected chi connectivity index (χ2v) is 6.48. The van der Waals surface area contributed by atoms with E-state index in [1.165, 1.54) is 44.9 Å². The third-order valence-corrected chi connectivity index (χ3v) is 5.24. The van der Waals surface area contributed by atoms with Crippen molar-refractivity contribution in [2.75, 3.05) is 0 Å². The quantitative estimate of drug-likeness (QED) is 0.576. The van der Waals surface area contributed by atoms with Gasteiger partial charge in [0.2, 0.25) is 0 Å². The van der Waals surface area contributed by atoms with Crippen LogP contribution in [0.25, 0.3) is 0 Å². The van der Waals surface area contributed by atoms with E-state index < -0.39 is 0 Å². The normalized spacial score (nSPS) is 47.8. The van der Waals surface area contributed by atoms with Crippen LogP contribution in [0.5, 0.6) is 0 Å². The highest BCUT2D eigenvalue weighted by Crippen LogP contribution is 2.45. The van der Waals surface area contributed by atoms with Gasteiger partial charge in [0.15, 0.2) is 0 Å². The molecule has 2 aliphatic carbocycles. The molecule has 0 aromatic rings. The van der Waals surface area contributed by atoms with Gasteiger partial charge in [0.05, 0.1) is 0 Å². The van der Waals surface area contributed by atoms with Crippen LogP contribution in [-0.4, -0.2) is 0 Å². The Hall–Kier alpha value is 0. The van der Waals surface area contributed by atoms with Crippen LogP contribution in [0.3, 0.4) is 0 Å². The Morgan fingerprint density at radius 2 is 1.20 bits per heavy atom. The third kappa shape index (κ3) is 2.57. The maximum absolute atomic E-state index is 2.51. The summed E-state index contributed by atoms with van der Waals surface area (Å²) in [6.45, 7) is 7.46. The molecule has 0 spiro atoms. The molecule has 2 rings (SSSR count). The van der Waals surface area contributed by atoms with Gasteiger partial charge in [-0.1, -0.05) is 52.9 Å². The summed E-state index contributed by atoms with van der Waals surface area (Å²) in [5.41, 5.74) is 0. The van der Waals surface area contributed by atoms with E-state index in [4.69, 9.17) is 0 Å². The van der Waals surface area contributed by atoms with Crippen LogP contribution in [-0.2, 0) is 0 Å². The molecule has 0 heterocycles.